The summed E-state index contributed by atoms with van der Waals surface area (Å²) in [5.41, 5.74) is 6.64. The van der Waals surface area contributed by atoms with Crippen LogP contribution in [0.2, 0.25) is 0 Å². The quantitative estimate of drug-likeness (QED) is 0.775. The molecule has 0 spiro atoms. The predicted molar refractivity (Wildman–Crippen MR) is 62.0 cm³/mol. The Kier molecular flexibility index (Phi) is 3.93. The summed E-state index contributed by atoms with van der Waals surface area (Å²) in [6, 6.07) is 0. The van der Waals surface area contributed by atoms with Crippen LogP contribution in [0.3, 0.4) is 0 Å². The van der Waals surface area contributed by atoms with Gasteiger partial charge in [0.25, 0.3) is 0 Å². The molecule has 0 unspecified atom stereocenters. The van der Waals surface area contributed by atoms with Gasteiger partial charge in [0.05, 0.1) is 6.20 Å². The van der Waals surface area contributed by atoms with Gasteiger partial charge in [-0.05, 0) is 7.05 Å². The zero-order valence-electron chi connectivity index (χ0n) is 9.85. The van der Waals surface area contributed by atoms with Crippen molar-refractivity contribution in [3.05, 3.63) is 17.5 Å². The molecule has 2 rings (SSSR count). The molecule has 1 aromatic rings. The van der Waals surface area contributed by atoms with Gasteiger partial charge in [0.15, 0.2) is 0 Å². The lowest BCUT2D eigenvalue weighted by Crippen LogP contribution is -2.45. The molecule has 0 bridgehead atoms. The second-order valence-electron chi connectivity index (χ2n) is 4.37. The number of piperazine rings is 1. The summed E-state index contributed by atoms with van der Waals surface area (Å²) < 4.78 is 5.20. The van der Waals surface area contributed by atoms with Crippen molar-refractivity contribution < 1.29 is 4.52 Å². The highest BCUT2D eigenvalue weighted by Gasteiger charge is 2.15. The van der Waals surface area contributed by atoms with E-state index >= 15 is 0 Å². The molecule has 0 radical (unpaired) electrons. The van der Waals surface area contributed by atoms with Crippen molar-refractivity contribution >= 4 is 0 Å². The van der Waals surface area contributed by atoms with Crippen LogP contribution in [-0.2, 0) is 13.0 Å². The number of nitrogens with two attached hydrogens (primary N) is 1. The van der Waals surface area contributed by atoms with E-state index in [9.17, 15) is 0 Å². The summed E-state index contributed by atoms with van der Waals surface area (Å²) >= 11 is 0. The SMILES string of the molecule is CN1CCN(CCc2oncc2CN)CC1. The van der Waals surface area contributed by atoms with E-state index < -0.39 is 0 Å². The Labute approximate surface area is 96.2 Å². The van der Waals surface area contributed by atoms with Crippen molar-refractivity contribution in [3.8, 4) is 0 Å². The molecule has 2 heterocycles. The van der Waals surface area contributed by atoms with Crippen LogP contribution < -0.4 is 5.73 Å². The van der Waals surface area contributed by atoms with E-state index in [1.54, 1.807) is 6.20 Å². The molecule has 5 heteroatoms. The molecule has 1 aliphatic rings. The van der Waals surface area contributed by atoms with Crippen LogP contribution in [0.4, 0.5) is 0 Å². The zero-order valence-corrected chi connectivity index (χ0v) is 9.85. The fraction of sp³-hybridized carbons (Fsp3) is 0.727. The molecule has 16 heavy (non-hydrogen) atoms. The van der Waals surface area contributed by atoms with Gasteiger partial charge in [-0.3, -0.25) is 0 Å². The molecule has 1 fully saturated rings. The fourth-order valence-electron chi connectivity index (χ4n) is 1.99. The standard InChI is InChI=1S/C11H20N4O/c1-14-4-6-15(7-5-14)3-2-11-10(8-12)9-13-16-11/h9H,2-8,12H2,1H3. The Balaban J connectivity index is 1.79. The smallest absolute Gasteiger partial charge is 0.142 e. The van der Waals surface area contributed by atoms with Crippen LogP contribution in [0.15, 0.2) is 10.7 Å². The molecular weight excluding hydrogens is 204 g/mol. The lowest BCUT2D eigenvalue weighted by molar-refractivity contribution is 0.152. The van der Waals surface area contributed by atoms with Crippen LogP contribution >= 0.6 is 0 Å². The molecule has 1 aliphatic heterocycles. The Morgan fingerprint density at radius 3 is 2.81 bits per heavy atom. The minimum Gasteiger partial charge on any atom is -0.361 e. The highest BCUT2D eigenvalue weighted by molar-refractivity contribution is 5.13. The van der Waals surface area contributed by atoms with Gasteiger partial charge in [-0.2, -0.15) is 0 Å². The third-order valence-electron chi connectivity index (χ3n) is 3.20. The second-order valence-corrected chi connectivity index (χ2v) is 4.37. The average molecular weight is 224 g/mol. The van der Waals surface area contributed by atoms with Gasteiger partial charge in [0.2, 0.25) is 0 Å². The lowest BCUT2D eigenvalue weighted by atomic mass is 10.2. The Hall–Kier alpha value is -0.910. The van der Waals surface area contributed by atoms with Gasteiger partial charge in [-0.25, -0.2) is 0 Å². The summed E-state index contributed by atoms with van der Waals surface area (Å²) in [5, 5.41) is 3.79. The summed E-state index contributed by atoms with van der Waals surface area (Å²) in [6.45, 7) is 6.14. The molecule has 0 aliphatic carbocycles. The van der Waals surface area contributed by atoms with E-state index in [-0.39, 0.29) is 0 Å². The third kappa shape index (κ3) is 2.81. The molecule has 0 amide bonds. The van der Waals surface area contributed by atoms with Crippen LogP contribution in [0.5, 0.6) is 0 Å². The van der Waals surface area contributed by atoms with Gasteiger partial charge < -0.3 is 20.1 Å². The maximum absolute atomic E-state index is 5.60. The molecule has 0 atom stereocenters. The lowest BCUT2D eigenvalue weighted by Gasteiger charge is -2.32. The first-order valence-electron chi connectivity index (χ1n) is 5.83. The Morgan fingerprint density at radius 1 is 1.38 bits per heavy atom. The number of likely N-dealkylation sites (N-methyl/N-ethyl adjacent to an activating group) is 1. The summed E-state index contributed by atoms with van der Waals surface area (Å²) in [6.07, 6.45) is 2.63. The van der Waals surface area contributed by atoms with E-state index in [0.29, 0.717) is 6.54 Å². The zero-order chi connectivity index (χ0) is 11.4. The van der Waals surface area contributed by atoms with E-state index in [1.165, 1.54) is 0 Å². The molecule has 1 saturated heterocycles. The van der Waals surface area contributed by atoms with E-state index in [4.69, 9.17) is 10.3 Å². The third-order valence-corrected chi connectivity index (χ3v) is 3.20. The van der Waals surface area contributed by atoms with Crippen molar-refractivity contribution in [2.24, 2.45) is 5.73 Å². The Morgan fingerprint density at radius 2 is 2.12 bits per heavy atom. The summed E-state index contributed by atoms with van der Waals surface area (Å²) in [7, 11) is 2.17. The summed E-state index contributed by atoms with van der Waals surface area (Å²) in [4.78, 5) is 4.82. The van der Waals surface area contributed by atoms with Gasteiger partial charge >= 0.3 is 0 Å². The number of rotatable bonds is 4. The highest BCUT2D eigenvalue weighted by atomic mass is 16.5. The second kappa shape index (κ2) is 5.43. The number of hydrogen-bond donors (Lipinski definition) is 1. The predicted octanol–water partition coefficient (Wildman–Crippen LogP) is -0.0768. The minimum atomic E-state index is 0.515. The van der Waals surface area contributed by atoms with Gasteiger partial charge in [-0.1, -0.05) is 5.16 Å². The normalized spacial score (nSPS) is 19.1. The van der Waals surface area contributed by atoms with Crippen LogP contribution in [0.1, 0.15) is 11.3 Å². The topological polar surface area (TPSA) is 58.5 Å². The molecule has 0 aromatic carbocycles. The monoisotopic (exact) mass is 224 g/mol. The van der Waals surface area contributed by atoms with Crippen LogP contribution in [0.25, 0.3) is 0 Å². The first-order chi connectivity index (χ1) is 7.79. The average Bonchev–Trinajstić information content (AvgIpc) is 2.76. The van der Waals surface area contributed by atoms with Crippen molar-refractivity contribution in [1.82, 2.24) is 15.0 Å². The van der Waals surface area contributed by atoms with Crippen LogP contribution in [0, 0.1) is 0 Å². The van der Waals surface area contributed by atoms with Crippen LogP contribution in [-0.4, -0.2) is 54.7 Å². The van der Waals surface area contributed by atoms with Gasteiger partial charge in [0.1, 0.15) is 5.76 Å². The number of aromatic nitrogens is 1. The number of nitrogens with zero attached hydrogens (tertiary/aromatic N) is 3. The highest BCUT2D eigenvalue weighted by Crippen LogP contribution is 2.09. The Bertz CT molecular complexity index is 318. The van der Waals surface area contributed by atoms with E-state index in [2.05, 4.69) is 22.0 Å². The molecule has 90 valence electrons. The van der Waals surface area contributed by atoms with Crippen molar-refractivity contribution in [2.45, 2.75) is 13.0 Å². The number of hydrogen-bond acceptors (Lipinski definition) is 5. The van der Waals surface area contributed by atoms with Crippen molar-refractivity contribution in [3.63, 3.8) is 0 Å². The molecule has 0 saturated carbocycles. The first-order valence-corrected chi connectivity index (χ1v) is 5.83. The molecule has 5 nitrogen and oxygen atoms in total. The maximum Gasteiger partial charge on any atom is 0.142 e. The van der Waals surface area contributed by atoms with Gasteiger partial charge in [0, 0.05) is 51.3 Å². The fourth-order valence-corrected chi connectivity index (χ4v) is 1.99. The van der Waals surface area contributed by atoms with E-state index in [1.807, 2.05) is 0 Å². The largest absolute Gasteiger partial charge is 0.361 e. The first kappa shape index (κ1) is 11.6. The van der Waals surface area contributed by atoms with E-state index in [0.717, 1.165) is 50.5 Å². The minimum absolute atomic E-state index is 0.515. The van der Waals surface area contributed by atoms with Crippen molar-refractivity contribution in [1.29, 1.82) is 0 Å². The van der Waals surface area contributed by atoms with Crippen molar-refractivity contribution in [2.75, 3.05) is 39.8 Å². The molecule has 1 aromatic heterocycles. The van der Waals surface area contributed by atoms with Gasteiger partial charge in [-0.15, -0.1) is 0 Å². The maximum atomic E-state index is 5.60. The molecule has 2 N–H and O–H groups in total. The summed E-state index contributed by atoms with van der Waals surface area (Å²) in [5.74, 6) is 0.946. The molecular formula is C11H20N4O.